The molecule has 11 heteroatoms. The highest BCUT2D eigenvalue weighted by atomic mass is 16.7. The van der Waals surface area contributed by atoms with Gasteiger partial charge >= 0.3 is 11.9 Å². The van der Waals surface area contributed by atoms with Crippen LogP contribution < -0.4 is 10.1 Å². The third kappa shape index (κ3) is 7.45. The molecule has 0 aromatic heterocycles. The number of fused-ring (bicyclic) bond motifs is 5. The smallest absolute Gasteiger partial charge is 0.326 e. The lowest BCUT2D eigenvalue weighted by molar-refractivity contribution is -0.207. The number of aliphatic hydroxyl groups excluding tert-OH is 3. The third-order valence-corrected chi connectivity index (χ3v) is 13.2. The van der Waals surface area contributed by atoms with Gasteiger partial charge in [0.15, 0.2) is 11.5 Å². The highest BCUT2D eigenvalue weighted by molar-refractivity contribution is 5.83. The maximum Gasteiger partial charge on any atom is 0.326 e. The summed E-state index contributed by atoms with van der Waals surface area (Å²) in [5.41, 5.74) is 0.0924. The van der Waals surface area contributed by atoms with Crippen LogP contribution >= 0.6 is 0 Å². The van der Waals surface area contributed by atoms with Gasteiger partial charge in [-0.2, -0.15) is 0 Å². The Morgan fingerprint density at radius 3 is 2.41 bits per heavy atom. The Labute approximate surface area is 289 Å². The molecular weight excluding hydrogens is 630 g/mol. The fourth-order valence-corrected chi connectivity index (χ4v) is 10.8. The van der Waals surface area contributed by atoms with Gasteiger partial charge in [0, 0.05) is 33.6 Å². The standard InChI is InChI=1S/C38H57NO10/c1-20(7-12-33(45)39-28(35(46)47)15-22-8-11-31(29(42)16-22)49-36(3,4)48-21(2)40)25-9-10-26-34-27(19-32(44)38(25,26)6)37(5)14-13-24(41)17-23(37)18-30(34)43/h8,11,16,20,23-28,30,32,34,41-44H,7,9-10,12-15,17-19H2,1-6H3,(H,39,45)(H,46,47)/t20-,23?,24-,25?,26?,27?,28?,30?,32+,34?,37+,38-/m1/s1. The Kier molecular flexibility index (Phi) is 10.7. The van der Waals surface area contributed by atoms with Gasteiger partial charge in [-0.05, 0) is 115 Å². The maximum atomic E-state index is 13.1. The number of carbonyl (C=O) groups is 3. The lowest BCUT2D eigenvalue weighted by atomic mass is 9.43. The summed E-state index contributed by atoms with van der Waals surface area (Å²) in [7, 11) is 0. The van der Waals surface area contributed by atoms with Crippen LogP contribution in [0, 0.1) is 46.3 Å². The monoisotopic (exact) mass is 687 g/mol. The molecule has 4 aliphatic rings. The number of rotatable bonds is 11. The zero-order chi connectivity index (χ0) is 36.1. The summed E-state index contributed by atoms with van der Waals surface area (Å²) in [6, 6.07) is 3.19. The summed E-state index contributed by atoms with van der Waals surface area (Å²) >= 11 is 0. The molecule has 1 aromatic carbocycles. The Morgan fingerprint density at radius 1 is 1.04 bits per heavy atom. The van der Waals surface area contributed by atoms with Crippen LogP contribution in [0.2, 0.25) is 0 Å². The molecular formula is C38H57NO10. The molecule has 0 spiro atoms. The van der Waals surface area contributed by atoms with Gasteiger partial charge in [0.1, 0.15) is 6.04 Å². The number of carbonyl (C=O) groups excluding carboxylic acids is 2. The molecule has 0 heterocycles. The van der Waals surface area contributed by atoms with E-state index in [0.29, 0.717) is 24.8 Å². The molecule has 1 aromatic rings. The highest BCUT2D eigenvalue weighted by Gasteiger charge is 2.65. The van der Waals surface area contributed by atoms with Gasteiger partial charge in [-0.1, -0.05) is 26.8 Å². The van der Waals surface area contributed by atoms with E-state index >= 15 is 0 Å². The van der Waals surface area contributed by atoms with E-state index in [1.807, 2.05) is 0 Å². The number of carboxylic acid groups (broad SMARTS) is 1. The van der Waals surface area contributed by atoms with E-state index < -0.39 is 36.0 Å². The zero-order valence-corrected chi connectivity index (χ0v) is 29.9. The summed E-state index contributed by atoms with van der Waals surface area (Å²) in [5.74, 6) is -2.60. The van der Waals surface area contributed by atoms with Crippen molar-refractivity contribution in [2.45, 2.75) is 136 Å². The quantitative estimate of drug-likeness (QED) is 0.143. The second kappa shape index (κ2) is 14.0. The number of phenolic OH excluding ortho intramolecular Hbond substituents is 1. The van der Waals surface area contributed by atoms with Crippen LogP contribution in [0.1, 0.15) is 105 Å². The first-order valence-electron chi connectivity index (χ1n) is 18.1. The van der Waals surface area contributed by atoms with Crippen molar-refractivity contribution in [3.8, 4) is 11.5 Å². The van der Waals surface area contributed by atoms with E-state index in [0.717, 1.165) is 32.1 Å². The molecule has 49 heavy (non-hydrogen) atoms. The van der Waals surface area contributed by atoms with Crippen molar-refractivity contribution in [2.75, 3.05) is 0 Å². The number of esters is 1. The molecule has 4 saturated carbocycles. The van der Waals surface area contributed by atoms with Gasteiger partial charge in [0.2, 0.25) is 11.7 Å². The van der Waals surface area contributed by atoms with Crippen LogP contribution in [-0.2, 0) is 25.5 Å². The van der Waals surface area contributed by atoms with Gasteiger partial charge in [-0.15, -0.1) is 0 Å². The molecule has 4 fully saturated rings. The van der Waals surface area contributed by atoms with E-state index in [2.05, 4.69) is 26.1 Å². The third-order valence-electron chi connectivity index (χ3n) is 13.2. The molecule has 274 valence electrons. The zero-order valence-electron chi connectivity index (χ0n) is 29.9. The number of amides is 1. The average molecular weight is 688 g/mol. The van der Waals surface area contributed by atoms with Gasteiger partial charge < -0.3 is 40.3 Å². The van der Waals surface area contributed by atoms with Crippen molar-refractivity contribution in [3.63, 3.8) is 0 Å². The van der Waals surface area contributed by atoms with Crippen molar-refractivity contribution in [3.05, 3.63) is 23.8 Å². The average Bonchev–Trinajstić information content (AvgIpc) is 3.36. The van der Waals surface area contributed by atoms with E-state index in [9.17, 15) is 39.9 Å². The van der Waals surface area contributed by atoms with E-state index in [1.54, 1.807) is 6.07 Å². The number of hydrogen-bond acceptors (Lipinski definition) is 9. The number of aliphatic carboxylic acids is 1. The summed E-state index contributed by atoms with van der Waals surface area (Å²) in [6.07, 6.45) is 4.95. The number of benzene rings is 1. The molecule has 11 nitrogen and oxygen atoms in total. The number of aliphatic hydroxyl groups is 3. The van der Waals surface area contributed by atoms with Crippen LogP contribution in [0.4, 0.5) is 0 Å². The molecule has 0 saturated heterocycles. The highest BCUT2D eigenvalue weighted by Crippen LogP contribution is 2.68. The Morgan fingerprint density at radius 2 is 1.76 bits per heavy atom. The van der Waals surface area contributed by atoms with Crippen molar-refractivity contribution in [1.29, 1.82) is 0 Å². The van der Waals surface area contributed by atoms with Crippen molar-refractivity contribution < 1.29 is 49.4 Å². The largest absolute Gasteiger partial charge is 0.504 e. The number of hydrogen-bond donors (Lipinski definition) is 6. The first-order valence-corrected chi connectivity index (χ1v) is 18.1. The summed E-state index contributed by atoms with van der Waals surface area (Å²) in [5, 5.41) is 56.8. The Bertz CT molecular complexity index is 1400. The number of nitrogens with one attached hydrogen (secondary N) is 1. The van der Waals surface area contributed by atoms with Crippen molar-refractivity contribution in [1.82, 2.24) is 5.32 Å². The topological polar surface area (TPSA) is 183 Å². The summed E-state index contributed by atoms with van der Waals surface area (Å²) < 4.78 is 10.7. The fraction of sp³-hybridized carbons (Fsp3) is 0.763. The van der Waals surface area contributed by atoms with Crippen LogP contribution in [0.3, 0.4) is 0 Å². The first-order chi connectivity index (χ1) is 22.9. The Hall–Kier alpha value is -2.89. The molecule has 0 radical (unpaired) electrons. The lowest BCUT2D eigenvalue weighted by Crippen LogP contribution is -2.62. The van der Waals surface area contributed by atoms with Gasteiger partial charge in [-0.25, -0.2) is 4.79 Å². The number of aromatic hydroxyl groups is 1. The van der Waals surface area contributed by atoms with Gasteiger partial charge in [-0.3, -0.25) is 9.59 Å². The minimum atomic E-state index is -1.33. The number of ether oxygens (including phenoxy) is 2. The minimum Gasteiger partial charge on any atom is -0.504 e. The minimum absolute atomic E-state index is 0.00459. The normalized spacial score (nSPS) is 36.8. The molecule has 1 amide bonds. The lowest BCUT2D eigenvalue weighted by Gasteiger charge is -2.63. The molecule has 0 aliphatic heterocycles. The fourth-order valence-electron chi connectivity index (χ4n) is 10.8. The van der Waals surface area contributed by atoms with E-state index in [-0.39, 0.29) is 82.7 Å². The van der Waals surface area contributed by atoms with Gasteiger partial charge in [0.25, 0.3) is 0 Å². The van der Waals surface area contributed by atoms with Crippen LogP contribution in [-0.4, -0.2) is 73.5 Å². The van der Waals surface area contributed by atoms with Crippen molar-refractivity contribution >= 4 is 17.8 Å². The molecule has 12 atom stereocenters. The summed E-state index contributed by atoms with van der Waals surface area (Å²) in [6.45, 7) is 10.9. The second-order valence-corrected chi connectivity index (χ2v) is 16.6. The molecule has 5 rings (SSSR count). The second-order valence-electron chi connectivity index (χ2n) is 16.6. The predicted octanol–water partition coefficient (Wildman–Crippen LogP) is 4.56. The van der Waals surface area contributed by atoms with Crippen LogP contribution in [0.25, 0.3) is 0 Å². The molecule has 4 aliphatic carbocycles. The van der Waals surface area contributed by atoms with Crippen LogP contribution in [0.5, 0.6) is 11.5 Å². The molecule has 6 N–H and O–H groups in total. The SMILES string of the molecule is CC(=O)OC(C)(C)Oc1ccc(CC(NC(=O)CC[C@@H](C)C2CCC3C4C(O)CC5C[C@H](O)CC[C@]5(C)C4C[C@H](O)[C@@]32C)C(=O)O)cc1O. The van der Waals surface area contributed by atoms with Crippen LogP contribution in [0.15, 0.2) is 18.2 Å². The molecule has 0 bridgehead atoms. The van der Waals surface area contributed by atoms with E-state index in [4.69, 9.17) is 9.47 Å². The van der Waals surface area contributed by atoms with Crippen molar-refractivity contribution in [2.24, 2.45) is 46.3 Å². The first kappa shape index (κ1) is 37.4. The predicted molar refractivity (Wildman–Crippen MR) is 180 cm³/mol. The molecule has 7 unspecified atom stereocenters. The summed E-state index contributed by atoms with van der Waals surface area (Å²) in [4.78, 5) is 36.5. The Balaban J connectivity index is 1.19. The number of carboxylic acids is 1. The van der Waals surface area contributed by atoms with E-state index in [1.165, 1.54) is 32.9 Å². The van der Waals surface area contributed by atoms with Gasteiger partial charge in [0.05, 0.1) is 18.3 Å². The maximum absolute atomic E-state index is 13.1. The number of phenols is 1.